The number of halogens is 1. The molecule has 1 aromatic heterocycles. The topological polar surface area (TPSA) is 83.0 Å². The van der Waals surface area contributed by atoms with Crippen molar-refractivity contribution in [3.63, 3.8) is 0 Å². The van der Waals surface area contributed by atoms with E-state index in [-0.39, 0.29) is 5.75 Å². The first-order chi connectivity index (χ1) is 12.1. The highest BCUT2D eigenvalue weighted by atomic mass is 35.5. The molecule has 0 aliphatic carbocycles. The summed E-state index contributed by atoms with van der Waals surface area (Å²) in [6.45, 7) is 0. The van der Waals surface area contributed by atoms with Crippen LogP contribution in [0.1, 0.15) is 0 Å². The van der Waals surface area contributed by atoms with Crippen LogP contribution in [0.15, 0.2) is 53.7 Å². The van der Waals surface area contributed by atoms with Gasteiger partial charge in [0.1, 0.15) is 5.75 Å². The van der Waals surface area contributed by atoms with Gasteiger partial charge in [-0.15, -0.1) is 10.2 Å². The molecule has 0 radical (unpaired) electrons. The van der Waals surface area contributed by atoms with Gasteiger partial charge in [0.25, 0.3) is 0 Å². The minimum atomic E-state index is -0.415. The Morgan fingerprint density at radius 3 is 2.44 bits per heavy atom. The van der Waals surface area contributed by atoms with Crippen molar-refractivity contribution in [3.8, 4) is 22.8 Å². The molecule has 0 saturated carbocycles. The molecule has 1 heterocycles. The molecule has 0 fully saturated rings. The van der Waals surface area contributed by atoms with E-state index in [2.05, 4.69) is 10.2 Å². The minimum absolute atomic E-state index is 0.119. The van der Waals surface area contributed by atoms with Crippen molar-refractivity contribution in [2.24, 2.45) is 5.73 Å². The molecule has 0 atom stereocenters. The number of nitrogens with zero attached hydrogens (tertiary/aromatic N) is 3. The van der Waals surface area contributed by atoms with Crippen LogP contribution in [0.2, 0.25) is 5.02 Å². The van der Waals surface area contributed by atoms with Crippen molar-refractivity contribution >= 4 is 29.3 Å². The molecule has 128 valence electrons. The van der Waals surface area contributed by atoms with Gasteiger partial charge in [-0.1, -0.05) is 23.4 Å². The van der Waals surface area contributed by atoms with E-state index in [4.69, 9.17) is 22.1 Å². The molecule has 0 unspecified atom stereocenters. The molecule has 0 aliphatic rings. The molecule has 8 heteroatoms. The number of nitrogens with two attached hydrogens (primary N) is 1. The van der Waals surface area contributed by atoms with Gasteiger partial charge in [0.15, 0.2) is 11.0 Å². The molecular formula is C17H15ClN4O2S. The first-order valence-corrected chi connectivity index (χ1v) is 8.71. The van der Waals surface area contributed by atoms with Crippen molar-refractivity contribution in [3.05, 3.63) is 53.6 Å². The Kier molecular flexibility index (Phi) is 5.25. The lowest BCUT2D eigenvalue weighted by atomic mass is 10.2. The predicted octanol–water partition coefficient (Wildman–Crippen LogP) is 3.17. The molecule has 2 N–H and O–H groups in total. The fourth-order valence-electron chi connectivity index (χ4n) is 2.25. The maximum atomic E-state index is 11.1. The van der Waals surface area contributed by atoms with E-state index in [1.165, 1.54) is 11.8 Å². The lowest BCUT2D eigenvalue weighted by molar-refractivity contribution is -0.115. The van der Waals surface area contributed by atoms with E-state index in [9.17, 15) is 4.79 Å². The number of amides is 1. The predicted molar refractivity (Wildman–Crippen MR) is 98.3 cm³/mol. The molecule has 0 saturated heterocycles. The van der Waals surface area contributed by atoms with E-state index in [1.54, 1.807) is 19.2 Å². The summed E-state index contributed by atoms with van der Waals surface area (Å²) < 4.78 is 7.06. The van der Waals surface area contributed by atoms with Gasteiger partial charge in [0.2, 0.25) is 5.91 Å². The highest BCUT2D eigenvalue weighted by Crippen LogP contribution is 2.29. The number of carbonyl (C=O) groups is 1. The number of methoxy groups -OCH3 is 1. The second kappa shape index (κ2) is 7.58. The second-order valence-corrected chi connectivity index (χ2v) is 6.48. The minimum Gasteiger partial charge on any atom is -0.497 e. The third-order valence-electron chi connectivity index (χ3n) is 3.41. The first-order valence-electron chi connectivity index (χ1n) is 7.35. The zero-order valence-electron chi connectivity index (χ0n) is 13.3. The molecule has 3 rings (SSSR count). The summed E-state index contributed by atoms with van der Waals surface area (Å²) >= 11 is 7.22. The highest BCUT2D eigenvalue weighted by molar-refractivity contribution is 7.99. The third kappa shape index (κ3) is 3.94. The van der Waals surface area contributed by atoms with Crippen molar-refractivity contribution in [1.29, 1.82) is 0 Å². The van der Waals surface area contributed by atoms with E-state index in [1.807, 2.05) is 41.0 Å². The SMILES string of the molecule is COc1ccc(-c2nnc(SCC(N)=O)n2-c2ccc(Cl)cc2)cc1. The van der Waals surface area contributed by atoms with Crippen molar-refractivity contribution < 1.29 is 9.53 Å². The second-order valence-electron chi connectivity index (χ2n) is 5.10. The van der Waals surface area contributed by atoms with Gasteiger partial charge < -0.3 is 10.5 Å². The van der Waals surface area contributed by atoms with Crippen LogP contribution in [0.25, 0.3) is 17.1 Å². The van der Waals surface area contributed by atoms with E-state index in [0.717, 1.165) is 17.0 Å². The van der Waals surface area contributed by atoms with Crippen LogP contribution in [-0.4, -0.2) is 33.5 Å². The molecule has 6 nitrogen and oxygen atoms in total. The molecular weight excluding hydrogens is 360 g/mol. The standard InChI is InChI=1S/C17H15ClN4O2S/c1-24-14-8-2-11(3-9-14)16-20-21-17(25-10-15(19)23)22(16)13-6-4-12(18)5-7-13/h2-9H,10H2,1H3,(H2,19,23). The van der Waals surface area contributed by atoms with Crippen molar-refractivity contribution in [2.75, 3.05) is 12.9 Å². The van der Waals surface area contributed by atoms with Crippen LogP contribution in [-0.2, 0) is 4.79 Å². The Hall–Kier alpha value is -2.51. The largest absolute Gasteiger partial charge is 0.497 e. The molecule has 3 aromatic rings. The van der Waals surface area contributed by atoms with Gasteiger partial charge in [0, 0.05) is 16.3 Å². The summed E-state index contributed by atoms with van der Waals surface area (Å²) in [5.41, 5.74) is 6.96. The van der Waals surface area contributed by atoms with Gasteiger partial charge in [-0.25, -0.2) is 0 Å². The van der Waals surface area contributed by atoms with Gasteiger partial charge in [-0.05, 0) is 48.5 Å². The molecule has 0 bridgehead atoms. The lowest BCUT2D eigenvalue weighted by Gasteiger charge is -2.10. The molecule has 0 spiro atoms. The van der Waals surface area contributed by atoms with Gasteiger partial charge in [-0.3, -0.25) is 9.36 Å². The monoisotopic (exact) mass is 374 g/mol. The zero-order chi connectivity index (χ0) is 17.8. The lowest BCUT2D eigenvalue weighted by Crippen LogP contribution is -2.13. The van der Waals surface area contributed by atoms with E-state index >= 15 is 0 Å². The van der Waals surface area contributed by atoms with Crippen molar-refractivity contribution in [1.82, 2.24) is 14.8 Å². The number of aromatic nitrogens is 3. The quantitative estimate of drug-likeness (QED) is 0.670. The third-order valence-corrected chi connectivity index (χ3v) is 4.61. The fourth-order valence-corrected chi connectivity index (χ4v) is 3.07. The Bertz CT molecular complexity index is 879. The van der Waals surface area contributed by atoms with Crippen LogP contribution in [0.5, 0.6) is 5.75 Å². The maximum absolute atomic E-state index is 11.1. The summed E-state index contributed by atoms with van der Waals surface area (Å²) in [5.74, 6) is 1.11. The normalized spacial score (nSPS) is 10.6. The number of benzene rings is 2. The summed E-state index contributed by atoms with van der Waals surface area (Å²) in [6.07, 6.45) is 0. The van der Waals surface area contributed by atoms with E-state index < -0.39 is 5.91 Å². The summed E-state index contributed by atoms with van der Waals surface area (Å²) in [4.78, 5) is 11.1. The summed E-state index contributed by atoms with van der Waals surface area (Å²) in [5, 5.41) is 9.70. The Morgan fingerprint density at radius 1 is 1.16 bits per heavy atom. The number of rotatable bonds is 6. The maximum Gasteiger partial charge on any atom is 0.227 e. The van der Waals surface area contributed by atoms with Gasteiger partial charge in [-0.2, -0.15) is 0 Å². The van der Waals surface area contributed by atoms with Crippen LogP contribution in [0.4, 0.5) is 0 Å². The number of carbonyl (C=O) groups excluding carboxylic acids is 1. The molecule has 1 amide bonds. The Morgan fingerprint density at radius 2 is 1.84 bits per heavy atom. The number of ether oxygens (including phenoxy) is 1. The number of hydrogen-bond donors (Lipinski definition) is 1. The highest BCUT2D eigenvalue weighted by Gasteiger charge is 2.17. The smallest absolute Gasteiger partial charge is 0.227 e. The van der Waals surface area contributed by atoms with E-state index in [0.29, 0.717) is 16.0 Å². The first kappa shape index (κ1) is 17.3. The Balaban J connectivity index is 2.07. The average molecular weight is 375 g/mol. The fraction of sp³-hybridized carbons (Fsp3) is 0.118. The van der Waals surface area contributed by atoms with Crippen LogP contribution in [0.3, 0.4) is 0 Å². The molecule has 2 aromatic carbocycles. The van der Waals surface area contributed by atoms with Gasteiger partial charge >= 0.3 is 0 Å². The van der Waals surface area contributed by atoms with Gasteiger partial charge in [0.05, 0.1) is 12.9 Å². The number of primary amides is 1. The Labute approximate surface area is 154 Å². The molecule has 25 heavy (non-hydrogen) atoms. The van der Waals surface area contributed by atoms with Crippen LogP contribution < -0.4 is 10.5 Å². The van der Waals surface area contributed by atoms with Crippen LogP contribution in [0, 0.1) is 0 Å². The molecule has 0 aliphatic heterocycles. The zero-order valence-corrected chi connectivity index (χ0v) is 14.9. The summed E-state index contributed by atoms with van der Waals surface area (Å²) in [6, 6.07) is 14.8. The van der Waals surface area contributed by atoms with Crippen molar-refractivity contribution in [2.45, 2.75) is 5.16 Å². The van der Waals surface area contributed by atoms with Crippen LogP contribution >= 0.6 is 23.4 Å². The number of thioether (sulfide) groups is 1. The number of hydrogen-bond acceptors (Lipinski definition) is 5. The summed E-state index contributed by atoms with van der Waals surface area (Å²) in [7, 11) is 1.61. The average Bonchev–Trinajstić information content (AvgIpc) is 3.04.